The first-order valence-electron chi connectivity index (χ1n) is 6.23. The zero-order valence-corrected chi connectivity index (χ0v) is 10.5. The second-order valence-electron chi connectivity index (χ2n) is 4.83. The molecule has 0 aromatic rings. The number of ether oxygens (including phenoxy) is 1. The molecule has 2 atom stereocenters. The average Bonchev–Trinajstić information content (AvgIpc) is 2.15. The predicted molar refractivity (Wildman–Crippen MR) is 64.1 cm³/mol. The molecule has 2 unspecified atom stereocenters. The fourth-order valence-corrected chi connectivity index (χ4v) is 2.18. The van der Waals surface area contributed by atoms with Crippen LogP contribution in [0.2, 0.25) is 0 Å². The molecule has 0 aliphatic carbocycles. The van der Waals surface area contributed by atoms with Crippen LogP contribution in [0.1, 0.15) is 20.8 Å². The molecule has 0 saturated carbocycles. The van der Waals surface area contributed by atoms with Crippen molar-refractivity contribution >= 4 is 0 Å². The summed E-state index contributed by atoms with van der Waals surface area (Å²) in [4.78, 5) is 2.55. The Hall–Kier alpha value is -0.120. The Kier molecular flexibility index (Phi) is 6.22. The van der Waals surface area contributed by atoms with E-state index in [1.54, 1.807) is 0 Å². The van der Waals surface area contributed by atoms with E-state index in [2.05, 4.69) is 31.0 Å². The highest BCUT2D eigenvalue weighted by Gasteiger charge is 2.16. The summed E-state index contributed by atoms with van der Waals surface area (Å²) in [7, 11) is 0. The molecule has 1 saturated heterocycles. The first-order valence-corrected chi connectivity index (χ1v) is 6.23. The summed E-state index contributed by atoms with van der Waals surface area (Å²) in [6.45, 7) is 14.2. The third kappa shape index (κ3) is 5.50. The number of rotatable bonds is 4. The van der Waals surface area contributed by atoms with Crippen molar-refractivity contribution in [1.82, 2.24) is 10.2 Å². The molecule has 0 bridgehead atoms. The van der Waals surface area contributed by atoms with Crippen LogP contribution in [-0.4, -0.2) is 50.8 Å². The summed E-state index contributed by atoms with van der Waals surface area (Å²) in [5.41, 5.74) is 0. The Balaban J connectivity index is 2.29. The largest absolute Gasteiger partial charge is 0.380 e. The van der Waals surface area contributed by atoms with Crippen LogP contribution in [0.4, 0.5) is 0 Å². The molecular weight excluding hydrogens is 188 g/mol. The van der Waals surface area contributed by atoms with Crippen LogP contribution in [0.5, 0.6) is 0 Å². The fourth-order valence-electron chi connectivity index (χ4n) is 2.18. The summed E-state index contributed by atoms with van der Waals surface area (Å²) in [5, 5.41) is 3.52. The van der Waals surface area contributed by atoms with E-state index in [0.29, 0.717) is 0 Å². The lowest BCUT2D eigenvalue weighted by molar-refractivity contribution is 0.0960. The monoisotopic (exact) mass is 214 g/mol. The zero-order chi connectivity index (χ0) is 11.1. The van der Waals surface area contributed by atoms with Crippen LogP contribution < -0.4 is 5.32 Å². The Morgan fingerprint density at radius 3 is 2.33 bits per heavy atom. The van der Waals surface area contributed by atoms with Crippen LogP contribution in [0.3, 0.4) is 0 Å². The second kappa shape index (κ2) is 7.20. The molecule has 1 rings (SSSR count). The van der Waals surface area contributed by atoms with Crippen LogP contribution in [0.15, 0.2) is 0 Å². The minimum Gasteiger partial charge on any atom is -0.380 e. The van der Waals surface area contributed by atoms with E-state index in [-0.39, 0.29) is 0 Å². The molecule has 0 radical (unpaired) electrons. The summed E-state index contributed by atoms with van der Waals surface area (Å²) in [6, 6.07) is 0. The number of hydrogen-bond donors (Lipinski definition) is 1. The summed E-state index contributed by atoms with van der Waals surface area (Å²) in [5.74, 6) is 1.50. The van der Waals surface area contributed by atoms with Gasteiger partial charge in [-0.3, -0.25) is 0 Å². The van der Waals surface area contributed by atoms with Crippen molar-refractivity contribution in [3.63, 3.8) is 0 Å². The van der Waals surface area contributed by atoms with Gasteiger partial charge in [0.25, 0.3) is 0 Å². The lowest BCUT2D eigenvalue weighted by atomic mass is 10.1. The highest BCUT2D eigenvalue weighted by molar-refractivity contribution is 4.72. The van der Waals surface area contributed by atoms with E-state index in [1.807, 2.05) is 0 Å². The normalized spacial score (nSPS) is 29.8. The van der Waals surface area contributed by atoms with E-state index >= 15 is 0 Å². The van der Waals surface area contributed by atoms with Gasteiger partial charge in [0.05, 0.1) is 6.61 Å². The van der Waals surface area contributed by atoms with Gasteiger partial charge in [-0.25, -0.2) is 0 Å². The maximum absolute atomic E-state index is 5.42. The Morgan fingerprint density at radius 2 is 1.80 bits per heavy atom. The van der Waals surface area contributed by atoms with Gasteiger partial charge in [-0.15, -0.1) is 0 Å². The first-order chi connectivity index (χ1) is 7.22. The van der Waals surface area contributed by atoms with Crippen molar-refractivity contribution in [3.8, 4) is 0 Å². The predicted octanol–water partition coefficient (Wildman–Crippen LogP) is 1.20. The van der Waals surface area contributed by atoms with Gasteiger partial charge in [-0.1, -0.05) is 13.8 Å². The highest BCUT2D eigenvalue weighted by Crippen LogP contribution is 2.07. The average molecular weight is 214 g/mol. The van der Waals surface area contributed by atoms with Gasteiger partial charge in [0.15, 0.2) is 0 Å². The summed E-state index contributed by atoms with van der Waals surface area (Å²) < 4.78 is 5.42. The quantitative estimate of drug-likeness (QED) is 0.712. The lowest BCUT2D eigenvalue weighted by Gasteiger charge is -2.31. The fraction of sp³-hybridized carbons (Fsp3) is 1.00. The minimum atomic E-state index is 0.749. The number of hydrogen-bond acceptors (Lipinski definition) is 3. The van der Waals surface area contributed by atoms with Crippen molar-refractivity contribution in [2.75, 3.05) is 45.9 Å². The molecule has 0 aromatic carbocycles. The SMILES string of the molecule is CCOCCN1CC(C)CNCC(C)C1. The van der Waals surface area contributed by atoms with Crippen molar-refractivity contribution < 1.29 is 4.74 Å². The van der Waals surface area contributed by atoms with E-state index < -0.39 is 0 Å². The van der Waals surface area contributed by atoms with E-state index in [1.165, 1.54) is 13.1 Å². The van der Waals surface area contributed by atoms with Gasteiger partial charge in [0.1, 0.15) is 0 Å². The van der Waals surface area contributed by atoms with Crippen LogP contribution >= 0.6 is 0 Å². The van der Waals surface area contributed by atoms with Crippen LogP contribution in [-0.2, 0) is 4.74 Å². The molecule has 1 fully saturated rings. The standard InChI is InChI=1S/C12H26N2O/c1-4-15-6-5-14-9-11(2)7-13-8-12(3)10-14/h11-13H,4-10H2,1-3H3. The zero-order valence-electron chi connectivity index (χ0n) is 10.5. The Labute approximate surface area is 94.2 Å². The third-order valence-electron chi connectivity index (χ3n) is 2.88. The molecule has 1 aliphatic heterocycles. The molecule has 1 N–H and O–H groups in total. The molecular formula is C12H26N2O. The van der Waals surface area contributed by atoms with Gasteiger partial charge in [-0.05, 0) is 31.8 Å². The number of nitrogens with zero attached hydrogens (tertiary/aromatic N) is 1. The van der Waals surface area contributed by atoms with Gasteiger partial charge in [0, 0.05) is 26.2 Å². The highest BCUT2D eigenvalue weighted by atomic mass is 16.5. The van der Waals surface area contributed by atoms with E-state index in [9.17, 15) is 0 Å². The molecule has 15 heavy (non-hydrogen) atoms. The van der Waals surface area contributed by atoms with Crippen molar-refractivity contribution in [2.24, 2.45) is 11.8 Å². The molecule has 0 aromatic heterocycles. The summed E-state index contributed by atoms with van der Waals surface area (Å²) >= 11 is 0. The van der Waals surface area contributed by atoms with Gasteiger partial charge < -0.3 is 15.0 Å². The molecule has 1 heterocycles. The molecule has 3 nitrogen and oxygen atoms in total. The smallest absolute Gasteiger partial charge is 0.0593 e. The molecule has 90 valence electrons. The van der Waals surface area contributed by atoms with Crippen molar-refractivity contribution in [2.45, 2.75) is 20.8 Å². The second-order valence-corrected chi connectivity index (χ2v) is 4.83. The van der Waals surface area contributed by atoms with Gasteiger partial charge in [0.2, 0.25) is 0 Å². The number of nitrogens with one attached hydrogen (secondary N) is 1. The molecule has 0 amide bonds. The van der Waals surface area contributed by atoms with E-state index in [0.717, 1.165) is 44.7 Å². The van der Waals surface area contributed by atoms with E-state index in [4.69, 9.17) is 4.74 Å². The molecule has 3 heteroatoms. The van der Waals surface area contributed by atoms with Crippen molar-refractivity contribution in [1.29, 1.82) is 0 Å². The molecule has 1 aliphatic rings. The van der Waals surface area contributed by atoms with Crippen LogP contribution in [0.25, 0.3) is 0 Å². The minimum absolute atomic E-state index is 0.749. The summed E-state index contributed by atoms with van der Waals surface area (Å²) in [6.07, 6.45) is 0. The maximum Gasteiger partial charge on any atom is 0.0593 e. The molecule has 0 spiro atoms. The third-order valence-corrected chi connectivity index (χ3v) is 2.88. The topological polar surface area (TPSA) is 24.5 Å². The lowest BCUT2D eigenvalue weighted by Crippen LogP contribution is -2.43. The van der Waals surface area contributed by atoms with Gasteiger partial charge >= 0.3 is 0 Å². The Morgan fingerprint density at radius 1 is 1.20 bits per heavy atom. The van der Waals surface area contributed by atoms with Crippen LogP contribution in [0, 0.1) is 11.8 Å². The first kappa shape index (κ1) is 12.9. The Bertz CT molecular complexity index is 152. The van der Waals surface area contributed by atoms with Crippen molar-refractivity contribution in [3.05, 3.63) is 0 Å². The maximum atomic E-state index is 5.42. The van der Waals surface area contributed by atoms with Gasteiger partial charge in [-0.2, -0.15) is 0 Å².